The number of ether oxygens (including phenoxy) is 1. The molecule has 4 rings (SSSR count). The van der Waals surface area contributed by atoms with Crippen LogP contribution in [0.5, 0.6) is 0 Å². The highest BCUT2D eigenvalue weighted by molar-refractivity contribution is 7.89. The van der Waals surface area contributed by atoms with Crippen LogP contribution in [0, 0.1) is 19.8 Å². The zero-order chi connectivity index (χ0) is 25.2. The molecule has 3 heterocycles. The molecule has 2 saturated heterocycles. The molecule has 9 nitrogen and oxygen atoms in total. The number of amides is 1. The molecule has 2 aliphatic rings. The molecule has 2 aromatic rings. The van der Waals surface area contributed by atoms with Gasteiger partial charge in [-0.05, 0) is 45.7 Å². The van der Waals surface area contributed by atoms with E-state index in [0.717, 1.165) is 18.8 Å². The van der Waals surface area contributed by atoms with Gasteiger partial charge in [0.1, 0.15) is 10.5 Å². The lowest BCUT2D eigenvalue weighted by atomic mass is 9.97. The number of carbonyl (C=O) groups excluding carboxylic acids is 2. The lowest BCUT2D eigenvalue weighted by Crippen LogP contribution is -2.53. The third kappa shape index (κ3) is 5.08. The van der Waals surface area contributed by atoms with Crippen LogP contribution in [-0.4, -0.2) is 80.4 Å². The predicted molar refractivity (Wildman–Crippen MR) is 133 cm³/mol. The number of sulfonamides is 1. The van der Waals surface area contributed by atoms with Crippen LogP contribution >= 0.6 is 0 Å². The minimum Gasteiger partial charge on any atom is -0.462 e. The maximum Gasteiger partial charge on any atom is 0.341 e. The Morgan fingerprint density at radius 3 is 2.37 bits per heavy atom. The Labute approximate surface area is 207 Å². The Hall–Kier alpha value is -2.85. The molecular weight excluding hydrogens is 468 g/mol. The second kappa shape index (κ2) is 10.4. The van der Waals surface area contributed by atoms with Crippen molar-refractivity contribution in [1.82, 2.24) is 14.2 Å². The number of aromatic nitrogens is 1. The molecule has 1 N–H and O–H groups in total. The number of anilines is 1. The minimum absolute atomic E-state index is 0.00481. The van der Waals surface area contributed by atoms with Gasteiger partial charge in [-0.15, -0.1) is 0 Å². The van der Waals surface area contributed by atoms with Crippen molar-refractivity contribution in [1.29, 1.82) is 0 Å². The lowest BCUT2D eigenvalue weighted by molar-refractivity contribution is -0.137. The van der Waals surface area contributed by atoms with Gasteiger partial charge in [0.05, 0.1) is 12.5 Å². The van der Waals surface area contributed by atoms with Gasteiger partial charge in [0.25, 0.3) is 0 Å². The fraction of sp³-hybridized carbons (Fsp3) is 0.520. The Morgan fingerprint density at radius 2 is 1.71 bits per heavy atom. The molecule has 1 amide bonds. The molecule has 2 fully saturated rings. The van der Waals surface area contributed by atoms with Crippen molar-refractivity contribution >= 4 is 27.6 Å². The van der Waals surface area contributed by atoms with Crippen LogP contribution < -0.4 is 4.90 Å². The summed E-state index contributed by atoms with van der Waals surface area (Å²) in [5.41, 5.74) is 2.05. The number of nitrogens with zero attached hydrogens (tertiary/aromatic N) is 3. The van der Waals surface area contributed by atoms with Gasteiger partial charge in [-0.25, -0.2) is 13.2 Å². The first-order valence-electron chi connectivity index (χ1n) is 12.2. The van der Waals surface area contributed by atoms with Gasteiger partial charge in [0, 0.05) is 56.3 Å². The fourth-order valence-corrected chi connectivity index (χ4v) is 7.04. The van der Waals surface area contributed by atoms with E-state index in [1.807, 2.05) is 23.1 Å². The quantitative estimate of drug-likeness (QED) is 0.609. The lowest BCUT2D eigenvalue weighted by Gasteiger charge is -2.39. The summed E-state index contributed by atoms with van der Waals surface area (Å²) in [4.78, 5) is 32.9. The van der Waals surface area contributed by atoms with Crippen molar-refractivity contribution in [3.8, 4) is 0 Å². The minimum atomic E-state index is -3.99. The topological polar surface area (TPSA) is 103 Å². The molecule has 0 aliphatic carbocycles. The zero-order valence-corrected chi connectivity index (χ0v) is 21.4. The molecule has 0 saturated carbocycles. The molecule has 0 radical (unpaired) electrons. The van der Waals surface area contributed by atoms with Crippen molar-refractivity contribution in [3.05, 3.63) is 47.3 Å². The Morgan fingerprint density at radius 1 is 1.03 bits per heavy atom. The SMILES string of the molecule is CCOC(=O)c1c(C)[nH]c(C)c1S(=O)(=O)N1CCC[C@H](C(=O)N2CCN(c3ccccc3)CC2)C1. The van der Waals surface area contributed by atoms with Gasteiger partial charge in [0.2, 0.25) is 15.9 Å². The van der Waals surface area contributed by atoms with Crippen molar-refractivity contribution < 1.29 is 22.7 Å². The van der Waals surface area contributed by atoms with Gasteiger partial charge >= 0.3 is 5.97 Å². The van der Waals surface area contributed by atoms with E-state index in [4.69, 9.17) is 4.74 Å². The van der Waals surface area contributed by atoms with Crippen LogP contribution in [-0.2, 0) is 19.6 Å². The molecule has 1 aromatic carbocycles. The van der Waals surface area contributed by atoms with Gasteiger partial charge in [-0.2, -0.15) is 4.31 Å². The van der Waals surface area contributed by atoms with Crippen LogP contribution in [0.2, 0.25) is 0 Å². The Balaban J connectivity index is 1.47. The number of benzene rings is 1. The van der Waals surface area contributed by atoms with E-state index in [0.29, 0.717) is 43.9 Å². The summed E-state index contributed by atoms with van der Waals surface area (Å²) in [6.45, 7) is 8.29. The van der Waals surface area contributed by atoms with Crippen LogP contribution in [0.25, 0.3) is 0 Å². The van der Waals surface area contributed by atoms with Crippen molar-refractivity contribution in [2.75, 3.05) is 50.8 Å². The average molecular weight is 503 g/mol. The predicted octanol–water partition coefficient (Wildman–Crippen LogP) is 2.56. The third-order valence-electron chi connectivity index (χ3n) is 6.84. The number of hydrogen-bond acceptors (Lipinski definition) is 6. The molecule has 1 atom stereocenters. The molecule has 1 aromatic heterocycles. The Kier molecular flexibility index (Phi) is 7.51. The van der Waals surface area contributed by atoms with E-state index in [-0.39, 0.29) is 29.5 Å². The van der Waals surface area contributed by atoms with Gasteiger partial charge < -0.3 is 19.5 Å². The molecule has 0 spiro atoms. The summed E-state index contributed by atoms with van der Waals surface area (Å²) in [5, 5.41) is 0. The summed E-state index contributed by atoms with van der Waals surface area (Å²) in [6, 6.07) is 10.1. The highest BCUT2D eigenvalue weighted by atomic mass is 32.2. The van der Waals surface area contributed by atoms with Crippen LogP contribution in [0.3, 0.4) is 0 Å². The normalized spacial score (nSPS) is 19.6. The third-order valence-corrected chi connectivity index (χ3v) is 8.88. The maximum absolute atomic E-state index is 13.7. The fourth-order valence-electron chi connectivity index (χ4n) is 5.10. The van der Waals surface area contributed by atoms with E-state index in [1.54, 1.807) is 20.8 Å². The molecule has 10 heteroatoms. The number of piperidine rings is 1. The first-order chi connectivity index (χ1) is 16.7. The number of para-hydroxylation sites is 1. The summed E-state index contributed by atoms with van der Waals surface area (Å²) in [5.74, 6) is -1.05. The summed E-state index contributed by atoms with van der Waals surface area (Å²) in [7, 11) is -3.99. The number of aromatic amines is 1. The van der Waals surface area contributed by atoms with E-state index in [9.17, 15) is 18.0 Å². The van der Waals surface area contributed by atoms with Gasteiger partial charge in [0.15, 0.2) is 0 Å². The van der Waals surface area contributed by atoms with Crippen LogP contribution in [0.1, 0.15) is 41.5 Å². The number of esters is 1. The zero-order valence-electron chi connectivity index (χ0n) is 20.6. The molecule has 35 heavy (non-hydrogen) atoms. The number of aryl methyl sites for hydroxylation is 2. The second-order valence-corrected chi connectivity index (χ2v) is 11.0. The van der Waals surface area contributed by atoms with Gasteiger partial charge in [-0.1, -0.05) is 18.2 Å². The van der Waals surface area contributed by atoms with E-state index >= 15 is 0 Å². The van der Waals surface area contributed by atoms with Crippen molar-refractivity contribution in [2.45, 2.75) is 38.5 Å². The molecule has 0 bridgehead atoms. The highest BCUT2D eigenvalue weighted by Gasteiger charge is 2.39. The molecular formula is C25H34N4O5S. The van der Waals surface area contributed by atoms with Gasteiger partial charge in [-0.3, -0.25) is 4.79 Å². The van der Waals surface area contributed by atoms with Crippen molar-refractivity contribution in [3.63, 3.8) is 0 Å². The molecule has 2 aliphatic heterocycles. The number of nitrogens with one attached hydrogen (secondary N) is 1. The number of rotatable bonds is 6. The van der Waals surface area contributed by atoms with E-state index in [1.165, 1.54) is 4.31 Å². The van der Waals surface area contributed by atoms with Crippen LogP contribution in [0.4, 0.5) is 5.69 Å². The van der Waals surface area contributed by atoms with Crippen LogP contribution in [0.15, 0.2) is 35.2 Å². The number of piperazine rings is 1. The maximum atomic E-state index is 13.7. The largest absolute Gasteiger partial charge is 0.462 e. The van der Waals surface area contributed by atoms with Crippen molar-refractivity contribution in [2.24, 2.45) is 5.92 Å². The monoisotopic (exact) mass is 502 g/mol. The first kappa shape index (κ1) is 25.2. The van der Waals surface area contributed by atoms with E-state index in [2.05, 4.69) is 22.0 Å². The number of carbonyl (C=O) groups is 2. The molecule has 0 unspecified atom stereocenters. The smallest absolute Gasteiger partial charge is 0.341 e. The summed E-state index contributed by atoms with van der Waals surface area (Å²) in [6.07, 6.45) is 1.25. The number of H-pyrrole nitrogens is 1. The standard InChI is InChI=1S/C25H34N4O5S/c1-4-34-25(31)22-18(2)26-19(3)23(22)35(32,33)29-12-8-9-20(17-29)24(30)28-15-13-27(14-16-28)21-10-6-5-7-11-21/h5-7,10-11,20,26H,4,8-9,12-17H2,1-3H3/t20-/m0/s1. The highest BCUT2D eigenvalue weighted by Crippen LogP contribution is 2.31. The summed E-state index contributed by atoms with van der Waals surface area (Å²) < 4.78 is 33.8. The Bertz CT molecular complexity index is 1170. The average Bonchev–Trinajstić information content (AvgIpc) is 3.18. The first-order valence-corrected chi connectivity index (χ1v) is 13.6. The summed E-state index contributed by atoms with van der Waals surface area (Å²) >= 11 is 0. The molecule has 190 valence electrons. The van der Waals surface area contributed by atoms with E-state index < -0.39 is 21.9 Å². The number of hydrogen-bond donors (Lipinski definition) is 1. The second-order valence-electron chi connectivity index (χ2n) is 9.15.